The minimum atomic E-state index is -0.108. The number of benzene rings is 1. The van der Waals surface area contributed by atoms with Crippen molar-refractivity contribution in [3.63, 3.8) is 0 Å². The summed E-state index contributed by atoms with van der Waals surface area (Å²) in [5, 5.41) is 3.93. The van der Waals surface area contributed by atoms with Gasteiger partial charge in [-0.1, -0.05) is 32.0 Å². The second-order valence-corrected chi connectivity index (χ2v) is 5.94. The third-order valence-electron chi connectivity index (χ3n) is 4.32. The molecule has 24 heavy (non-hydrogen) atoms. The molecule has 2 rings (SSSR count). The first-order chi connectivity index (χ1) is 11.6. The summed E-state index contributed by atoms with van der Waals surface area (Å²) in [6.45, 7) is 8.04. The molecule has 1 aromatic carbocycles. The Hall–Kier alpha value is -2.14. The number of para-hydroxylation sites is 1. The van der Waals surface area contributed by atoms with Gasteiger partial charge in [0.1, 0.15) is 0 Å². The zero-order chi connectivity index (χ0) is 17.4. The Morgan fingerprint density at radius 2 is 1.96 bits per heavy atom. The molecule has 130 valence electrons. The molecule has 1 heterocycles. The number of H-pyrrole nitrogens is 1. The van der Waals surface area contributed by atoms with E-state index in [9.17, 15) is 9.59 Å². The van der Waals surface area contributed by atoms with Crippen molar-refractivity contribution in [3.8, 4) is 0 Å². The zero-order valence-electron chi connectivity index (χ0n) is 14.6. The Morgan fingerprint density at radius 1 is 1.21 bits per heavy atom. The first kappa shape index (κ1) is 18.2. The predicted molar refractivity (Wildman–Crippen MR) is 98.3 cm³/mol. The molecule has 2 N–H and O–H groups in total. The highest BCUT2D eigenvalue weighted by atomic mass is 16.1. The molecule has 0 saturated carbocycles. The normalized spacial score (nSPS) is 11.1. The molecule has 0 aliphatic carbocycles. The van der Waals surface area contributed by atoms with Crippen molar-refractivity contribution in [1.29, 1.82) is 0 Å². The number of fused-ring (bicyclic) bond motifs is 1. The summed E-state index contributed by atoms with van der Waals surface area (Å²) in [6.07, 6.45) is 1.75. The Balaban J connectivity index is 1.79. The number of hydrogen-bond donors (Lipinski definition) is 2. The van der Waals surface area contributed by atoms with Gasteiger partial charge in [0, 0.05) is 24.0 Å². The van der Waals surface area contributed by atoms with Crippen LogP contribution < -0.4 is 10.9 Å². The molecule has 0 aliphatic heterocycles. The summed E-state index contributed by atoms with van der Waals surface area (Å²) in [4.78, 5) is 29.2. The number of amides is 1. The van der Waals surface area contributed by atoms with E-state index in [0.29, 0.717) is 24.9 Å². The number of nitrogens with zero attached hydrogens (tertiary/aromatic N) is 1. The number of aryl methyl sites for hydroxylation is 1. The van der Waals surface area contributed by atoms with E-state index in [-0.39, 0.29) is 11.5 Å². The molecule has 0 unspecified atom stereocenters. The summed E-state index contributed by atoms with van der Waals surface area (Å²) in [7, 11) is 0. The average molecular weight is 329 g/mol. The SMILES string of the molecule is CCN(CC)CCCNC(=O)CCc1cc2ccccc2[nH]c1=O. The lowest BCUT2D eigenvalue weighted by Crippen LogP contribution is -2.30. The molecule has 1 amide bonds. The van der Waals surface area contributed by atoms with Crippen LogP contribution in [0.15, 0.2) is 35.1 Å². The quantitative estimate of drug-likeness (QED) is 0.694. The van der Waals surface area contributed by atoms with Gasteiger partial charge in [-0.2, -0.15) is 0 Å². The Kier molecular flexibility index (Phi) is 7.00. The van der Waals surface area contributed by atoms with Gasteiger partial charge in [-0.3, -0.25) is 9.59 Å². The molecule has 0 spiro atoms. The summed E-state index contributed by atoms with van der Waals surface area (Å²) in [6, 6.07) is 9.55. The Bertz CT molecular complexity index is 720. The number of hydrogen-bond acceptors (Lipinski definition) is 3. The van der Waals surface area contributed by atoms with Gasteiger partial charge in [-0.15, -0.1) is 0 Å². The summed E-state index contributed by atoms with van der Waals surface area (Å²) < 4.78 is 0. The van der Waals surface area contributed by atoms with Crippen molar-refractivity contribution in [3.05, 3.63) is 46.2 Å². The summed E-state index contributed by atoms with van der Waals surface area (Å²) >= 11 is 0. The van der Waals surface area contributed by atoms with Gasteiger partial charge in [0.05, 0.1) is 0 Å². The van der Waals surface area contributed by atoms with E-state index in [1.165, 1.54) is 0 Å². The summed E-state index contributed by atoms with van der Waals surface area (Å²) in [5.41, 5.74) is 1.38. The van der Waals surface area contributed by atoms with E-state index < -0.39 is 0 Å². The van der Waals surface area contributed by atoms with E-state index >= 15 is 0 Å². The Labute approximate surface area is 143 Å². The molecule has 0 fully saturated rings. The van der Waals surface area contributed by atoms with Crippen LogP contribution in [0.3, 0.4) is 0 Å². The minimum absolute atomic E-state index is 0.00195. The lowest BCUT2D eigenvalue weighted by Gasteiger charge is -2.17. The van der Waals surface area contributed by atoms with Crippen LogP contribution in [-0.4, -0.2) is 42.0 Å². The van der Waals surface area contributed by atoms with Crippen LogP contribution in [-0.2, 0) is 11.2 Å². The number of aromatic nitrogens is 1. The van der Waals surface area contributed by atoms with Gasteiger partial charge < -0.3 is 15.2 Å². The fourth-order valence-electron chi connectivity index (χ4n) is 2.79. The molecular weight excluding hydrogens is 302 g/mol. The van der Waals surface area contributed by atoms with Gasteiger partial charge in [0.2, 0.25) is 5.91 Å². The van der Waals surface area contributed by atoms with Gasteiger partial charge in [-0.25, -0.2) is 0 Å². The maximum atomic E-state index is 12.1. The predicted octanol–water partition coefficient (Wildman–Crippen LogP) is 2.31. The first-order valence-corrected chi connectivity index (χ1v) is 8.74. The van der Waals surface area contributed by atoms with E-state index in [0.717, 1.165) is 37.0 Å². The average Bonchev–Trinajstić information content (AvgIpc) is 2.60. The Morgan fingerprint density at radius 3 is 2.71 bits per heavy atom. The number of carbonyl (C=O) groups is 1. The third-order valence-corrected chi connectivity index (χ3v) is 4.32. The van der Waals surface area contributed by atoms with Gasteiger partial charge in [-0.05, 0) is 50.0 Å². The number of rotatable bonds is 9. The molecule has 0 radical (unpaired) electrons. The van der Waals surface area contributed by atoms with Gasteiger partial charge in [0.15, 0.2) is 0 Å². The first-order valence-electron chi connectivity index (χ1n) is 8.74. The molecular formula is C19H27N3O2. The topological polar surface area (TPSA) is 65.2 Å². The van der Waals surface area contributed by atoms with Gasteiger partial charge >= 0.3 is 0 Å². The molecule has 0 aliphatic rings. The fraction of sp³-hybridized carbons (Fsp3) is 0.474. The summed E-state index contributed by atoms with van der Waals surface area (Å²) in [5.74, 6) is 0.00195. The minimum Gasteiger partial charge on any atom is -0.356 e. The number of aromatic amines is 1. The van der Waals surface area contributed by atoms with E-state index in [4.69, 9.17) is 0 Å². The zero-order valence-corrected chi connectivity index (χ0v) is 14.6. The molecule has 2 aromatic rings. The number of pyridine rings is 1. The highest BCUT2D eigenvalue weighted by molar-refractivity contribution is 5.79. The molecule has 0 atom stereocenters. The maximum Gasteiger partial charge on any atom is 0.251 e. The lowest BCUT2D eigenvalue weighted by atomic mass is 10.1. The highest BCUT2D eigenvalue weighted by Gasteiger charge is 2.07. The van der Waals surface area contributed by atoms with Gasteiger partial charge in [0.25, 0.3) is 5.56 Å². The largest absolute Gasteiger partial charge is 0.356 e. The third kappa shape index (κ3) is 5.20. The van der Waals surface area contributed by atoms with Crippen molar-refractivity contribution in [2.45, 2.75) is 33.1 Å². The monoisotopic (exact) mass is 329 g/mol. The van der Waals surface area contributed by atoms with Crippen molar-refractivity contribution in [2.24, 2.45) is 0 Å². The second-order valence-electron chi connectivity index (χ2n) is 5.94. The van der Waals surface area contributed by atoms with Crippen LogP contribution in [0.25, 0.3) is 10.9 Å². The van der Waals surface area contributed by atoms with Crippen LogP contribution >= 0.6 is 0 Å². The number of carbonyl (C=O) groups excluding carboxylic acids is 1. The van der Waals surface area contributed by atoms with E-state index in [2.05, 4.69) is 29.0 Å². The van der Waals surface area contributed by atoms with Crippen LogP contribution in [0.5, 0.6) is 0 Å². The van der Waals surface area contributed by atoms with Crippen molar-refractivity contribution >= 4 is 16.8 Å². The molecule has 0 saturated heterocycles. The molecule has 5 nitrogen and oxygen atoms in total. The van der Waals surface area contributed by atoms with Crippen LogP contribution in [0.1, 0.15) is 32.3 Å². The fourth-order valence-corrected chi connectivity index (χ4v) is 2.79. The van der Waals surface area contributed by atoms with Crippen LogP contribution in [0.2, 0.25) is 0 Å². The van der Waals surface area contributed by atoms with E-state index in [1.54, 1.807) is 0 Å². The standard InChI is InChI=1S/C19H27N3O2/c1-3-22(4-2)13-7-12-20-18(23)11-10-16-14-15-8-5-6-9-17(15)21-19(16)24/h5-6,8-9,14H,3-4,7,10-13H2,1-2H3,(H,20,23)(H,21,24). The number of nitrogens with one attached hydrogen (secondary N) is 2. The van der Waals surface area contributed by atoms with Crippen LogP contribution in [0, 0.1) is 0 Å². The van der Waals surface area contributed by atoms with Crippen molar-refractivity contribution < 1.29 is 4.79 Å². The molecule has 5 heteroatoms. The van der Waals surface area contributed by atoms with Crippen molar-refractivity contribution in [1.82, 2.24) is 15.2 Å². The maximum absolute atomic E-state index is 12.1. The van der Waals surface area contributed by atoms with Crippen molar-refractivity contribution in [2.75, 3.05) is 26.2 Å². The molecule has 1 aromatic heterocycles. The van der Waals surface area contributed by atoms with Crippen LogP contribution in [0.4, 0.5) is 0 Å². The second kappa shape index (κ2) is 9.23. The smallest absolute Gasteiger partial charge is 0.251 e. The lowest BCUT2D eigenvalue weighted by molar-refractivity contribution is -0.121. The molecule has 0 bridgehead atoms. The van der Waals surface area contributed by atoms with E-state index in [1.807, 2.05) is 30.3 Å². The highest BCUT2D eigenvalue weighted by Crippen LogP contribution is 2.10.